The van der Waals surface area contributed by atoms with Crippen molar-refractivity contribution in [3.05, 3.63) is 47.9 Å². The van der Waals surface area contributed by atoms with Gasteiger partial charge < -0.3 is 14.5 Å². The third-order valence-electron chi connectivity index (χ3n) is 4.90. The molecule has 4 rings (SSSR count). The SMILES string of the molecule is COc1ccc(CCC(=O)N2CCN(c3nc4cccnc4s3)CC2)cc1F. The molecule has 1 fully saturated rings. The second-order valence-electron chi connectivity index (χ2n) is 6.66. The summed E-state index contributed by atoms with van der Waals surface area (Å²) in [7, 11) is 1.44. The summed E-state index contributed by atoms with van der Waals surface area (Å²) in [5.74, 6) is -0.0792. The Morgan fingerprint density at radius 2 is 2.07 bits per heavy atom. The molecule has 0 radical (unpaired) electrons. The monoisotopic (exact) mass is 400 g/mol. The van der Waals surface area contributed by atoms with Crippen LogP contribution < -0.4 is 9.64 Å². The Morgan fingerprint density at radius 1 is 1.25 bits per heavy atom. The Bertz CT molecular complexity index is 952. The average molecular weight is 400 g/mol. The van der Waals surface area contributed by atoms with Crippen LogP contribution in [0.2, 0.25) is 0 Å². The molecule has 6 nitrogen and oxygen atoms in total. The average Bonchev–Trinajstić information content (AvgIpc) is 3.16. The van der Waals surface area contributed by atoms with Crippen LogP contribution in [0.5, 0.6) is 5.75 Å². The van der Waals surface area contributed by atoms with E-state index in [0.29, 0.717) is 25.9 Å². The minimum absolute atomic E-state index is 0.0989. The highest BCUT2D eigenvalue weighted by molar-refractivity contribution is 7.21. The molecule has 0 saturated carbocycles. The number of pyridine rings is 1. The molecule has 0 N–H and O–H groups in total. The van der Waals surface area contributed by atoms with E-state index >= 15 is 0 Å². The zero-order valence-corrected chi connectivity index (χ0v) is 16.4. The van der Waals surface area contributed by atoms with Crippen molar-refractivity contribution in [2.75, 3.05) is 38.2 Å². The van der Waals surface area contributed by atoms with Gasteiger partial charge in [-0.05, 0) is 36.2 Å². The Morgan fingerprint density at radius 3 is 2.79 bits per heavy atom. The number of piperazine rings is 1. The summed E-state index contributed by atoms with van der Waals surface area (Å²) in [4.78, 5) is 26.5. The van der Waals surface area contributed by atoms with Crippen LogP contribution in [-0.2, 0) is 11.2 Å². The number of aryl methyl sites for hydroxylation is 1. The second-order valence-corrected chi connectivity index (χ2v) is 7.62. The van der Waals surface area contributed by atoms with Crippen molar-refractivity contribution >= 4 is 32.7 Å². The Kier molecular flexibility index (Phi) is 5.38. The molecule has 146 valence electrons. The Labute approximate surface area is 166 Å². The molecule has 8 heteroatoms. The molecule has 3 heterocycles. The lowest BCUT2D eigenvalue weighted by atomic mass is 10.1. The van der Waals surface area contributed by atoms with E-state index in [1.54, 1.807) is 29.7 Å². The molecular weight excluding hydrogens is 379 g/mol. The molecule has 1 aliphatic rings. The highest BCUT2D eigenvalue weighted by atomic mass is 32.1. The lowest BCUT2D eigenvalue weighted by Gasteiger charge is -2.34. The van der Waals surface area contributed by atoms with Crippen LogP contribution >= 0.6 is 11.3 Å². The summed E-state index contributed by atoms with van der Waals surface area (Å²) >= 11 is 1.58. The predicted octanol–water partition coefficient (Wildman–Crippen LogP) is 3.12. The summed E-state index contributed by atoms with van der Waals surface area (Å²) in [6.07, 6.45) is 2.66. The van der Waals surface area contributed by atoms with E-state index in [1.165, 1.54) is 13.2 Å². The van der Waals surface area contributed by atoms with Crippen LogP contribution in [0.15, 0.2) is 36.5 Å². The van der Waals surface area contributed by atoms with Crippen molar-refractivity contribution in [2.45, 2.75) is 12.8 Å². The van der Waals surface area contributed by atoms with Crippen LogP contribution in [0.3, 0.4) is 0 Å². The number of methoxy groups -OCH3 is 1. The zero-order valence-electron chi connectivity index (χ0n) is 15.6. The summed E-state index contributed by atoms with van der Waals surface area (Å²) in [6, 6.07) is 8.68. The van der Waals surface area contributed by atoms with Crippen LogP contribution in [0.25, 0.3) is 10.3 Å². The molecule has 2 aromatic heterocycles. The van der Waals surface area contributed by atoms with Gasteiger partial charge in [0.05, 0.1) is 7.11 Å². The minimum Gasteiger partial charge on any atom is -0.494 e. The predicted molar refractivity (Wildman–Crippen MR) is 107 cm³/mol. The van der Waals surface area contributed by atoms with Crippen molar-refractivity contribution in [3.8, 4) is 5.75 Å². The van der Waals surface area contributed by atoms with Crippen molar-refractivity contribution in [3.63, 3.8) is 0 Å². The number of carbonyl (C=O) groups excluding carboxylic acids is 1. The number of benzene rings is 1. The minimum atomic E-state index is -0.397. The van der Waals surface area contributed by atoms with Crippen molar-refractivity contribution in [1.82, 2.24) is 14.9 Å². The highest BCUT2D eigenvalue weighted by Gasteiger charge is 2.23. The fourth-order valence-corrected chi connectivity index (χ4v) is 4.28. The first-order valence-electron chi connectivity index (χ1n) is 9.21. The van der Waals surface area contributed by atoms with Crippen molar-refractivity contribution in [2.24, 2.45) is 0 Å². The number of aromatic nitrogens is 2. The van der Waals surface area contributed by atoms with Crippen molar-refractivity contribution in [1.29, 1.82) is 0 Å². The highest BCUT2D eigenvalue weighted by Crippen LogP contribution is 2.27. The maximum Gasteiger partial charge on any atom is 0.223 e. The van der Waals surface area contributed by atoms with Gasteiger partial charge in [-0.25, -0.2) is 14.4 Å². The number of nitrogens with zero attached hydrogens (tertiary/aromatic N) is 4. The van der Waals surface area contributed by atoms with E-state index in [4.69, 9.17) is 4.74 Å². The number of hydrogen-bond acceptors (Lipinski definition) is 6. The number of amides is 1. The van der Waals surface area contributed by atoms with Crippen molar-refractivity contribution < 1.29 is 13.9 Å². The molecule has 1 aliphatic heterocycles. The molecule has 0 unspecified atom stereocenters. The quantitative estimate of drug-likeness (QED) is 0.659. The van der Waals surface area contributed by atoms with Gasteiger partial charge in [-0.15, -0.1) is 0 Å². The van der Waals surface area contributed by atoms with E-state index in [0.717, 1.165) is 34.1 Å². The molecule has 1 saturated heterocycles. The number of halogens is 1. The maximum absolute atomic E-state index is 13.8. The number of carbonyl (C=O) groups is 1. The summed E-state index contributed by atoms with van der Waals surface area (Å²) in [5.41, 5.74) is 1.71. The van der Waals surface area contributed by atoms with Gasteiger partial charge in [0.2, 0.25) is 5.91 Å². The standard InChI is InChI=1S/C20H21FN4O2S/c1-27-17-6-4-14(13-15(17)21)5-7-18(26)24-9-11-25(12-10-24)20-23-16-3-2-8-22-19(16)28-20/h2-4,6,8,13H,5,7,9-12H2,1H3. The van der Waals surface area contributed by atoms with Crippen LogP contribution in [0, 0.1) is 5.82 Å². The van der Waals surface area contributed by atoms with Gasteiger partial charge in [0.15, 0.2) is 16.7 Å². The number of thiazole rings is 1. The van der Waals surface area contributed by atoms with Gasteiger partial charge >= 0.3 is 0 Å². The topological polar surface area (TPSA) is 58.6 Å². The maximum atomic E-state index is 13.8. The molecule has 1 aromatic carbocycles. The first-order valence-corrected chi connectivity index (χ1v) is 10.0. The zero-order chi connectivity index (χ0) is 19.5. The summed E-state index contributed by atoms with van der Waals surface area (Å²) in [5, 5.41) is 0.953. The fraction of sp³-hybridized carbons (Fsp3) is 0.350. The fourth-order valence-electron chi connectivity index (χ4n) is 3.32. The normalized spacial score (nSPS) is 14.5. The lowest BCUT2D eigenvalue weighted by Crippen LogP contribution is -2.48. The third-order valence-corrected chi connectivity index (χ3v) is 5.94. The van der Waals surface area contributed by atoms with E-state index in [-0.39, 0.29) is 11.7 Å². The summed E-state index contributed by atoms with van der Waals surface area (Å²) in [6.45, 7) is 2.84. The van der Waals surface area contributed by atoms with E-state index < -0.39 is 5.82 Å². The molecule has 0 bridgehead atoms. The van der Waals surface area contributed by atoms with Gasteiger partial charge in [-0.2, -0.15) is 0 Å². The van der Waals surface area contributed by atoms with Gasteiger partial charge in [0.25, 0.3) is 0 Å². The number of hydrogen-bond donors (Lipinski definition) is 0. The lowest BCUT2D eigenvalue weighted by molar-refractivity contribution is -0.131. The molecular formula is C20H21FN4O2S. The Balaban J connectivity index is 1.30. The van der Waals surface area contributed by atoms with Gasteiger partial charge in [0.1, 0.15) is 10.3 Å². The molecule has 0 spiro atoms. The molecule has 1 amide bonds. The number of ether oxygens (including phenoxy) is 1. The largest absolute Gasteiger partial charge is 0.494 e. The first-order chi connectivity index (χ1) is 13.6. The second kappa shape index (κ2) is 8.10. The smallest absolute Gasteiger partial charge is 0.223 e. The van der Waals surface area contributed by atoms with Gasteiger partial charge in [-0.3, -0.25) is 4.79 Å². The first kappa shape index (κ1) is 18.6. The molecule has 3 aromatic rings. The molecule has 28 heavy (non-hydrogen) atoms. The molecule has 0 aliphatic carbocycles. The van der Waals surface area contributed by atoms with Crippen LogP contribution in [0.1, 0.15) is 12.0 Å². The number of anilines is 1. The third kappa shape index (κ3) is 3.91. The van der Waals surface area contributed by atoms with Crippen LogP contribution in [0.4, 0.5) is 9.52 Å². The van der Waals surface area contributed by atoms with Crippen LogP contribution in [-0.4, -0.2) is 54.1 Å². The van der Waals surface area contributed by atoms with Gasteiger partial charge in [-0.1, -0.05) is 17.4 Å². The number of fused-ring (bicyclic) bond motifs is 1. The van der Waals surface area contributed by atoms with Gasteiger partial charge in [0, 0.05) is 38.8 Å². The van der Waals surface area contributed by atoms with E-state index in [2.05, 4.69) is 14.9 Å². The Hall–Kier alpha value is -2.74. The van der Waals surface area contributed by atoms with E-state index in [1.807, 2.05) is 17.0 Å². The molecule has 0 atom stereocenters. The van der Waals surface area contributed by atoms with E-state index in [9.17, 15) is 9.18 Å². The number of rotatable bonds is 5. The summed E-state index contributed by atoms with van der Waals surface area (Å²) < 4.78 is 18.7.